The topological polar surface area (TPSA) is 92.8 Å². The van der Waals surface area contributed by atoms with E-state index in [1.807, 2.05) is 0 Å². The Morgan fingerprint density at radius 3 is 2.35 bits per heavy atom. The monoisotopic (exact) mass is 494 g/mol. The van der Waals surface area contributed by atoms with E-state index in [9.17, 15) is 31.2 Å². The molecule has 1 fully saturated rings. The number of amides is 1. The molecule has 13 heteroatoms. The van der Waals surface area contributed by atoms with Crippen LogP contribution in [0.1, 0.15) is 15.2 Å². The van der Waals surface area contributed by atoms with Crippen molar-refractivity contribution < 1.29 is 35.9 Å². The summed E-state index contributed by atoms with van der Waals surface area (Å²) in [4.78, 5) is 24.0. The number of ether oxygens (including phenoxy) is 1. The third-order valence-electron chi connectivity index (χ3n) is 4.23. The van der Waals surface area contributed by atoms with Gasteiger partial charge in [0.1, 0.15) is 9.77 Å². The number of thiophene rings is 1. The van der Waals surface area contributed by atoms with Gasteiger partial charge in [0.15, 0.2) is 6.61 Å². The van der Waals surface area contributed by atoms with Crippen LogP contribution in [0.5, 0.6) is 0 Å². The molecule has 1 aliphatic heterocycles. The summed E-state index contributed by atoms with van der Waals surface area (Å²) in [6.45, 7) is -0.0443. The fourth-order valence-corrected chi connectivity index (χ4v) is 6.57. The quantitative estimate of drug-likeness (QED) is 0.620. The highest BCUT2D eigenvalue weighted by Crippen LogP contribution is 2.30. The van der Waals surface area contributed by atoms with Crippen LogP contribution in [0, 0.1) is 0 Å². The van der Waals surface area contributed by atoms with Crippen LogP contribution in [0.2, 0.25) is 0 Å². The summed E-state index contributed by atoms with van der Waals surface area (Å²) in [5.41, 5.74) is -0.771. The lowest BCUT2D eigenvalue weighted by atomic mass is 10.2. The molecule has 0 unspecified atom stereocenters. The number of carbonyl (C=O) groups excluding carboxylic acids is 2. The van der Waals surface area contributed by atoms with Crippen LogP contribution in [0.3, 0.4) is 0 Å². The number of anilines is 1. The number of halogens is 3. The lowest BCUT2D eigenvalue weighted by Crippen LogP contribution is -2.38. The molecule has 0 radical (unpaired) electrons. The maximum absolute atomic E-state index is 12.8. The van der Waals surface area contributed by atoms with Crippen LogP contribution in [0.25, 0.3) is 0 Å². The number of alkyl halides is 3. The summed E-state index contributed by atoms with van der Waals surface area (Å²) in [6, 6.07) is 5.08. The van der Waals surface area contributed by atoms with Crippen molar-refractivity contribution in [2.75, 3.05) is 36.5 Å². The number of nitrogens with one attached hydrogen (secondary N) is 1. The zero-order valence-electron chi connectivity index (χ0n) is 15.8. The minimum Gasteiger partial charge on any atom is -0.451 e. The summed E-state index contributed by atoms with van der Waals surface area (Å²) in [5.74, 6) is -0.426. The molecule has 1 aliphatic rings. The lowest BCUT2D eigenvalue weighted by molar-refractivity contribution is -0.137. The van der Waals surface area contributed by atoms with Crippen molar-refractivity contribution in [3.63, 3.8) is 0 Å². The second-order valence-corrected chi connectivity index (χ2v) is 10.4. The van der Waals surface area contributed by atoms with Gasteiger partial charge < -0.3 is 10.1 Å². The minimum absolute atomic E-state index is 0.0939. The maximum Gasteiger partial charge on any atom is 0.416 e. The van der Waals surface area contributed by atoms with E-state index in [2.05, 4.69) is 5.32 Å². The number of thioether (sulfide) groups is 1. The van der Waals surface area contributed by atoms with Gasteiger partial charge in [0, 0.05) is 30.3 Å². The molecule has 1 aromatic heterocycles. The molecule has 3 rings (SSSR count). The van der Waals surface area contributed by atoms with Crippen molar-refractivity contribution >= 4 is 50.7 Å². The highest BCUT2D eigenvalue weighted by Gasteiger charge is 2.32. The highest BCUT2D eigenvalue weighted by molar-refractivity contribution is 7.99. The number of carbonyl (C=O) groups is 2. The average molecular weight is 495 g/mol. The SMILES string of the molecule is O=C(COC(=O)c1sccc1S(=O)(=O)N1CCSCC1)Nc1ccc(C(F)(F)F)cc1. The van der Waals surface area contributed by atoms with Crippen molar-refractivity contribution in [2.24, 2.45) is 0 Å². The molecule has 0 atom stereocenters. The van der Waals surface area contributed by atoms with Gasteiger partial charge in [-0.1, -0.05) is 0 Å². The number of hydrogen-bond donors (Lipinski definition) is 1. The first-order valence-electron chi connectivity index (χ1n) is 8.88. The molecule has 1 N–H and O–H groups in total. The Bertz CT molecular complexity index is 1050. The third kappa shape index (κ3) is 5.79. The molecule has 0 bridgehead atoms. The summed E-state index contributed by atoms with van der Waals surface area (Å²) in [7, 11) is -3.86. The molecule has 7 nitrogen and oxygen atoms in total. The molecule has 0 spiro atoms. The number of esters is 1. The van der Waals surface area contributed by atoms with Crippen molar-refractivity contribution in [1.82, 2.24) is 4.31 Å². The minimum atomic E-state index is -4.50. The van der Waals surface area contributed by atoms with Gasteiger partial charge >= 0.3 is 12.1 Å². The van der Waals surface area contributed by atoms with E-state index in [4.69, 9.17) is 4.74 Å². The lowest BCUT2D eigenvalue weighted by Gasteiger charge is -2.25. The van der Waals surface area contributed by atoms with Crippen molar-refractivity contribution in [1.29, 1.82) is 0 Å². The molecular formula is C18H17F3N2O5S3. The van der Waals surface area contributed by atoms with E-state index in [0.717, 1.165) is 35.6 Å². The van der Waals surface area contributed by atoms with Crippen LogP contribution < -0.4 is 5.32 Å². The van der Waals surface area contributed by atoms with Gasteiger partial charge in [-0.3, -0.25) is 4.79 Å². The van der Waals surface area contributed by atoms with Crippen molar-refractivity contribution in [2.45, 2.75) is 11.1 Å². The van der Waals surface area contributed by atoms with E-state index in [0.29, 0.717) is 24.6 Å². The number of hydrogen-bond acceptors (Lipinski definition) is 7. The molecule has 1 amide bonds. The number of sulfonamides is 1. The molecule has 1 saturated heterocycles. The maximum atomic E-state index is 12.8. The van der Waals surface area contributed by atoms with Gasteiger partial charge in [-0.05, 0) is 35.7 Å². The predicted molar refractivity (Wildman–Crippen MR) is 111 cm³/mol. The second kappa shape index (κ2) is 9.59. The largest absolute Gasteiger partial charge is 0.451 e. The van der Waals surface area contributed by atoms with Crippen molar-refractivity contribution in [3.8, 4) is 0 Å². The zero-order valence-corrected chi connectivity index (χ0v) is 18.3. The first-order valence-corrected chi connectivity index (χ1v) is 12.4. The normalized spacial score (nSPS) is 15.5. The first-order chi connectivity index (χ1) is 14.6. The van der Waals surface area contributed by atoms with Crippen molar-refractivity contribution in [3.05, 3.63) is 46.2 Å². The Morgan fingerprint density at radius 1 is 1.10 bits per heavy atom. The number of nitrogens with zero attached hydrogens (tertiary/aromatic N) is 1. The van der Waals surface area contributed by atoms with Crippen LogP contribution in [-0.2, 0) is 25.7 Å². The molecule has 31 heavy (non-hydrogen) atoms. The van der Waals surface area contributed by atoms with Crippen LogP contribution in [0.4, 0.5) is 18.9 Å². The second-order valence-electron chi connectivity index (χ2n) is 6.33. The average Bonchev–Trinajstić information content (AvgIpc) is 3.23. The van der Waals surface area contributed by atoms with Crippen LogP contribution in [0.15, 0.2) is 40.6 Å². The fourth-order valence-electron chi connectivity index (χ4n) is 2.71. The van der Waals surface area contributed by atoms with Gasteiger partial charge in [-0.25, -0.2) is 13.2 Å². The summed E-state index contributed by atoms with van der Waals surface area (Å²) < 4.78 is 69.5. The highest BCUT2D eigenvalue weighted by atomic mass is 32.2. The van der Waals surface area contributed by atoms with E-state index in [-0.39, 0.29) is 15.5 Å². The summed E-state index contributed by atoms with van der Waals surface area (Å²) >= 11 is 2.53. The van der Waals surface area contributed by atoms with Crippen LogP contribution >= 0.6 is 23.1 Å². The van der Waals surface area contributed by atoms with Gasteiger partial charge in [0.2, 0.25) is 10.0 Å². The summed E-state index contributed by atoms with van der Waals surface area (Å²) in [6.07, 6.45) is -4.50. The molecule has 1 aromatic carbocycles. The van der Waals surface area contributed by atoms with Gasteiger partial charge in [-0.2, -0.15) is 29.2 Å². The molecule has 0 aliphatic carbocycles. The van der Waals surface area contributed by atoms with E-state index in [1.165, 1.54) is 15.8 Å². The third-order valence-corrected chi connectivity index (χ3v) is 8.14. The predicted octanol–water partition coefficient (Wildman–Crippen LogP) is 3.30. The molecule has 168 valence electrons. The van der Waals surface area contributed by atoms with Crippen LogP contribution in [-0.4, -0.2) is 55.8 Å². The molecule has 0 saturated carbocycles. The van der Waals surface area contributed by atoms with E-state index >= 15 is 0 Å². The molecule has 2 aromatic rings. The number of rotatable bonds is 6. The van der Waals surface area contributed by atoms with Gasteiger partial charge in [0.05, 0.1) is 5.56 Å². The molecular weight excluding hydrogens is 477 g/mol. The Morgan fingerprint density at radius 2 is 1.74 bits per heavy atom. The van der Waals surface area contributed by atoms with Gasteiger partial charge in [0.25, 0.3) is 5.91 Å². The first kappa shape index (κ1) is 23.6. The Kier molecular flexibility index (Phi) is 7.29. The fraction of sp³-hybridized carbons (Fsp3) is 0.333. The van der Waals surface area contributed by atoms with E-state index < -0.39 is 40.2 Å². The van der Waals surface area contributed by atoms with E-state index in [1.54, 1.807) is 11.8 Å². The number of benzene rings is 1. The Labute approximate surface area is 184 Å². The summed E-state index contributed by atoms with van der Waals surface area (Å²) in [5, 5.41) is 3.76. The Balaban J connectivity index is 1.60. The van der Waals surface area contributed by atoms with Gasteiger partial charge in [-0.15, -0.1) is 11.3 Å². The molecule has 2 heterocycles. The zero-order chi connectivity index (χ0) is 22.6. The standard InChI is InChI=1S/C18H17F3N2O5S3/c19-18(20,21)12-1-3-13(4-2-12)22-15(24)11-28-17(25)16-14(5-8-30-16)31(26,27)23-6-9-29-10-7-23/h1-5,8H,6-7,9-11H2,(H,22,24). The Hall–Kier alpha value is -2.09. The smallest absolute Gasteiger partial charge is 0.416 e.